The van der Waals surface area contributed by atoms with Crippen LogP contribution >= 0.6 is 27.3 Å². The number of aromatic nitrogens is 1. The van der Waals surface area contributed by atoms with Gasteiger partial charge in [-0.15, -0.1) is 11.3 Å². The minimum absolute atomic E-state index is 0.762. The van der Waals surface area contributed by atoms with E-state index in [0.29, 0.717) is 0 Å². The van der Waals surface area contributed by atoms with Crippen LogP contribution in [0.1, 0.15) is 23.4 Å². The fourth-order valence-corrected chi connectivity index (χ4v) is 2.88. The van der Waals surface area contributed by atoms with Gasteiger partial charge in [0.1, 0.15) is 0 Å². The smallest absolute Gasteiger partial charge is 0.186 e. The maximum Gasteiger partial charge on any atom is 0.186 e. The van der Waals surface area contributed by atoms with Gasteiger partial charge in [-0.05, 0) is 26.7 Å². The second-order valence-electron chi connectivity index (χ2n) is 3.75. The Morgan fingerprint density at radius 2 is 2.21 bits per heavy atom. The van der Waals surface area contributed by atoms with Crippen LogP contribution in [-0.2, 0) is 0 Å². The summed E-state index contributed by atoms with van der Waals surface area (Å²) in [6.07, 6.45) is 2.68. The van der Waals surface area contributed by atoms with Gasteiger partial charge >= 0.3 is 0 Å². The zero-order valence-electron chi connectivity index (χ0n) is 8.59. The van der Waals surface area contributed by atoms with Crippen LogP contribution in [0.5, 0.6) is 0 Å². The van der Waals surface area contributed by atoms with Crippen molar-refractivity contribution >= 4 is 32.4 Å². The summed E-state index contributed by atoms with van der Waals surface area (Å²) in [4.78, 5) is 8.41. The lowest BCUT2D eigenvalue weighted by molar-refractivity contribution is 0.826. The molecule has 14 heavy (non-hydrogen) atoms. The lowest BCUT2D eigenvalue weighted by Crippen LogP contribution is -2.27. The highest BCUT2D eigenvalue weighted by Gasteiger charge is 2.30. The Kier molecular flexibility index (Phi) is 3.12. The van der Waals surface area contributed by atoms with E-state index >= 15 is 0 Å². The Hall–Kier alpha value is -0.0900. The Morgan fingerprint density at radius 1 is 1.50 bits per heavy atom. The number of thiazole rings is 1. The molecule has 0 atom stereocenters. The minimum atomic E-state index is 0.762. The molecule has 0 aromatic carbocycles. The molecule has 0 aliphatic heterocycles. The normalized spacial score (nSPS) is 15.9. The predicted molar refractivity (Wildman–Crippen MR) is 65.8 cm³/mol. The van der Waals surface area contributed by atoms with Crippen LogP contribution in [0.25, 0.3) is 0 Å². The van der Waals surface area contributed by atoms with E-state index in [1.165, 1.54) is 28.5 Å². The Balaban J connectivity index is 2.16. The van der Waals surface area contributed by atoms with Gasteiger partial charge in [0.2, 0.25) is 0 Å². The second kappa shape index (κ2) is 4.19. The molecule has 4 heteroatoms. The summed E-state index contributed by atoms with van der Waals surface area (Å²) in [7, 11) is 0. The number of nitrogens with zero attached hydrogens (tertiary/aromatic N) is 2. The maximum absolute atomic E-state index is 4.61. The van der Waals surface area contributed by atoms with Crippen molar-refractivity contribution in [2.24, 2.45) is 0 Å². The average Bonchev–Trinajstić information content (AvgIpc) is 2.91. The van der Waals surface area contributed by atoms with Gasteiger partial charge in [-0.1, -0.05) is 15.9 Å². The number of anilines is 1. The van der Waals surface area contributed by atoms with E-state index in [9.17, 15) is 0 Å². The number of alkyl halides is 1. The molecule has 0 saturated heterocycles. The molecule has 1 aromatic rings. The van der Waals surface area contributed by atoms with Crippen LogP contribution in [0.3, 0.4) is 0 Å². The van der Waals surface area contributed by atoms with Gasteiger partial charge in [0.15, 0.2) is 5.13 Å². The minimum Gasteiger partial charge on any atom is -0.344 e. The van der Waals surface area contributed by atoms with E-state index in [0.717, 1.165) is 17.9 Å². The van der Waals surface area contributed by atoms with Crippen molar-refractivity contribution in [1.82, 2.24) is 4.98 Å². The molecule has 1 aliphatic rings. The first-order valence-electron chi connectivity index (χ1n) is 4.99. The predicted octanol–water partition coefficient (Wildman–Crippen LogP) is 3.12. The molecular formula is C10H15BrN2S. The van der Waals surface area contributed by atoms with Gasteiger partial charge < -0.3 is 4.90 Å². The van der Waals surface area contributed by atoms with Crippen molar-refractivity contribution in [3.05, 3.63) is 10.6 Å². The molecular weight excluding hydrogens is 260 g/mol. The number of halogens is 1. The molecule has 0 radical (unpaired) electrons. The molecule has 1 fully saturated rings. The highest BCUT2D eigenvalue weighted by Crippen LogP contribution is 2.34. The largest absolute Gasteiger partial charge is 0.344 e. The lowest BCUT2D eigenvalue weighted by Gasteiger charge is -2.19. The molecule has 1 heterocycles. The standard InChI is InChI=1S/C10H15BrN2S/c1-7-8(2)14-10(12-7)13(6-5-11)9-3-4-9/h9H,3-6H2,1-2H3. The molecule has 0 amide bonds. The third kappa shape index (κ3) is 2.11. The summed E-state index contributed by atoms with van der Waals surface area (Å²) in [6.45, 7) is 5.32. The van der Waals surface area contributed by atoms with Crippen LogP contribution in [0.2, 0.25) is 0 Å². The van der Waals surface area contributed by atoms with Crippen LogP contribution < -0.4 is 4.90 Å². The van der Waals surface area contributed by atoms with Gasteiger partial charge in [0, 0.05) is 22.8 Å². The molecule has 1 aromatic heterocycles. The average molecular weight is 275 g/mol. The Morgan fingerprint density at radius 3 is 2.64 bits per heavy atom. The number of rotatable bonds is 4. The maximum atomic E-state index is 4.61. The van der Waals surface area contributed by atoms with Crippen molar-refractivity contribution in [3.63, 3.8) is 0 Å². The van der Waals surface area contributed by atoms with E-state index in [-0.39, 0.29) is 0 Å². The third-order valence-electron chi connectivity index (χ3n) is 2.58. The molecule has 0 N–H and O–H groups in total. The fourth-order valence-electron chi connectivity index (χ4n) is 1.49. The SMILES string of the molecule is Cc1nc(N(CCBr)C2CC2)sc1C. The Labute approximate surface area is 97.5 Å². The molecule has 1 aliphatic carbocycles. The van der Waals surface area contributed by atoms with Crippen LogP contribution in [0, 0.1) is 13.8 Å². The van der Waals surface area contributed by atoms with Crippen LogP contribution in [0.15, 0.2) is 0 Å². The van der Waals surface area contributed by atoms with Crippen LogP contribution in [0.4, 0.5) is 5.13 Å². The van der Waals surface area contributed by atoms with Crippen molar-refractivity contribution in [3.8, 4) is 0 Å². The first-order chi connectivity index (χ1) is 6.72. The zero-order valence-corrected chi connectivity index (χ0v) is 11.0. The van der Waals surface area contributed by atoms with Gasteiger partial charge in [-0.25, -0.2) is 4.98 Å². The Bertz CT molecular complexity index is 300. The molecule has 0 unspecified atom stereocenters. The van der Waals surface area contributed by atoms with Crippen molar-refractivity contribution in [2.75, 3.05) is 16.8 Å². The van der Waals surface area contributed by atoms with Crippen molar-refractivity contribution in [2.45, 2.75) is 32.7 Å². The van der Waals surface area contributed by atoms with Gasteiger partial charge in [-0.3, -0.25) is 0 Å². The summed E-state index contributed by atoms with van der Waals surface area (Å²) in [5, 5.41) is 2.24. The molecule has 2 nitrogen and oxygen atoms in total. The molecule has 78 valence electrons. The molecule has 2 rings (SSSR count). The summed E-state index contributed by atoms with van der Waals surface area (Å²) in [5.74, 6) is 0. The first kappa shape index (κ1) is 10.4. The summed E-state index contributed by atoms with van der Waals surface area (Å²) in [5.41, 5.74) is 1.19. The summed E-state index contributed by atoms with van der Waals surface area (Å²) in [6, 6.07) is 0.762. The number of hydrogen-bond donors (Lipinski definition) is 0. The first-order valence-corrected chi connectivity index (χ1v) is 6.93. The highest BCUT2D eigenvalue weighted by molar-refractivity contribution is 9.09. The fraction of sp³-hybridized carbons (Fsp3) is 0.700. The van der Waals surface area contributed by atoms with Gasteiger partial charge in [-0.2, -0.15) is 0 Å². The van der Waals surface area contributed by atoms with E-state index in [1.54, 1.807) is 0 Å². The molecule has 0 bridgehead atoms. The topological polar surface area (TPSA) is 16.1 Å². The van der Waals surface area contributed by atoms with Crippen molar-refractivity contribution < 1.29 is 0 Å². The van der Waals surface area contributed by atoms with E-state index in [4.69, 9.17) is 0 Å². The van der Waals surface area contributed by atoms with E-state index < -0.39 is 0 Å². The number of hydrogen-bond acceptors (Lipinski definition) is 3. The third-order valence-corrected chi connectivity index (χ3v) is 4.04. The monoisotopic (exact) mass is 274 g/mol. The van der Waals surface area contributed by atoms with Gasteiger partial charge in [0.25, 0.3) is 0 Å². The van der Waals surface area contributed by atoms with Gasteiger partial charge in [0.05, 0.1) is 5.69 Å². The summed E-state index contributed by atoms with van der Waals surface area (Å²) < 4.78 is 0. The zero-order chi connectivity index (χ0) is 10.1. The van der Waals surface area contributed by atoms with E-state index in [2.05, 4.69) is 39.7 Å². The lowest BCUT2D eigenvalue weighted by atomic mass is 10.4. The second-order valence-corrected chi connectivity index (χ2v) is 5.73. The number of aryl methyl sites for hydroxylation is 2. The van der Waals surface area contributed by atoms with E-state index in [1.807, 2.05) is 11.3 Å². The summed E-state index contributed by atoms with van der Waals surface area (Å²) >= 11 is 5.33. The molecule has 0 spiro atoms. The molecule has 1 saturated carbocycles. The van der Waals surface area contributed by atoms with Crippen molar-refractivity contribution in [1.29, 1.82) is 0 Å². The highest BCUT2D eigenvalue weighted by atomic mass is 79.9. The quantitative estimate of drug-likeness (QED) is 0.785. The van der Waals surface area contributed by atoms with Crippen LogP contribution in [-0.4, -0.2) is 22.9 Å².